The topological polar surface area (TPSA) is 52.6 Å². The molecule has 0 saturated heterocycles. The molecule has 0 spiro atoms. The van der Waals surface area contributed by atoms with Crippen LogP contribution in [0.3, 0.4) is 0 Å². The standard InChI is InChI=1S/C36H51FO4/c1-4-6-8-10-12-14-34(37)36(39)41-33-25-23-31(24-26-33)29-17-15-28(16-18-29)30-19-21-32(22-20-30)35(38)40-27(3)13-11-9-7-5-2/h15-22,27,31,33-34H,4-14,23-26H2,1-3H3/t27-,31?,33?,34+/m1/s1. The maximum absolute atomic E-state index is 14.3. The van der Waals surface area contributed by atoms with Gasteiger partial charge >= 0.3 is 11.9 Å². The van der Waals surface area contributed by atoms with Crippen molar-refractivity contribution < 1.29 is 23.5 Å². The predicted molar refractivity (Wildman–Crippen MR) is 165 cm³/mol. The van der Waals surface area contributed by atoms with E-state index < -0.39 is 12.1 Å². The lowest BCUT2D eigenvalue weighted by molar-refractivity contribution is -0.157. The number of carbonyl (C=O) groups is 2. The lowest BCUT2D eigenvalue weighted by Crippen LogP contribution is -2.28. The van der Waals surface area contributed by atoms with Gasteiger partial charge in [-0.25, -0.2) is 14.0 Å². The highest BCUT2D eigenvalue weighted by molar-refractivity contribution is 5.90. The van der Waals surface area contributed by atoms with Crippen LogP contribution in [0.4, 0.5) is 4.39 Å². The Kier molecular flexibility index (Phi) is 14.4. The third-order valence-corrected chi connectivity index (χ3v) is 8.38. The summed E-state index contributed by atoms with van der Waals surface area (Å²) in [7, 11) is 0. The molecule has 1 aliphatic carbocycles. The Bertz CT molecular complexity index is 1020. The molecule has 0 heterocycles. The molecule has 3 rings (SSSR count). The van der Waals surface area contributed by atoms with Gasteiger partial charge in [-0.05, 0) is 93.0 Å². The second kappa shape index (κ2) is 18.0. The first-order chi connectivity index (χ1) is 19.9. The highest BCUT2D eigenvalue weighted by Crippen LogP contribution is 2.35. The first-order valence-electron chi connectivity index (χ1n) is 16.2. The summed E-state index contributed by atoms with van der Waals surface area (Å²) in [5.41, 5.74) is 4.02. The fraction of sp³-hybridized carbons (Fsp3) is 0.611. The third kappa shape index (κ3) is 11.2. The van der Waals surface area contributed by atoms with E-state index in [1.807, 2.05) is 31.2 Å². The molecule has 226 valence electrons. The van der Waals surface area contributed by atoms with Gasteiger partial charge in [0.15, 0.2) is 6.17 Å². The minimum absolute atomic E-state index is 0.0700. The fourth-order valence-corrected chi connectivity index (χ4v) is 5.71. The lowest BCUT2D eigenvalue weighted by Gasteiger charge is -2.29. The number of hydrogen-bond donors (Lipinski definition) is 0. The molecule has 5 heteroatoms. The first kappa shape index (κ1) is 32.8. The number of unbranched alkanes of at least 4 members (excludes halogenated alkanes) is 7. The van der Waals surface area contributed by atoms with E-state index in [9.17, 15) is 14.0 Å². The molecule has 0 bridgehead atoms. The maximum atomic E-state index is 14.3. The Morgan fingerprint density at radius 2 is 1.29 bits per heavy atom. The van der Waals surface area contributed by atoms with E-state index in [0.29, 0.717) is 11.5 Å². The van der Waals surface area contributed by atoms with E-state index in [2.05, 4.69) is 38.1 Å². The summed E-state index contributed by atoms with van der Waals surface area (Å²) in [6, 6.07) is 16.2. The van der Waals surface area contributed by atoms with Gasteiger partial charge in [-0.3, -0.25) is 0 Å². The average molecular weight is 567 g/mol. The molecule has 1 saturated carbocycles. The molecule has 1 fully saturated rings. The van der Waals surface area contributed by atoms with Gasteiger partial charge in [0.05, 0.1) is 11.7 Å². The number of esters is 2. The van der Waals surface area contributed by atoms with Crippen molar-refractivity contribution in [2.24, 2.45) is 0 Å². The minimum atomic E-state index is -1.49. The molecule has 0 aliphatic heterocycles. The van der Waals surface area contributed by atoms with Crippen molar-refractivity contribution in [2.45, 2.75) is 141 Å². The molecule has 4 nitrogen and oxygen atoms in total. The van der Waals surface area contributed by atoms with Gasteiger partial charge in [-0.15, -0.1) is 0 Å². The highest BCUT2D eigenvalue weighted by Gasteiger charge is 2.28. The lowest BCUT2D eigenvalue weighted by atomic mass is 9.82. The van der Waals surface area contributed by atoms with Gasteiger partial charge in [-0.2, -0.15) is 0 Å². The van der Waals surface area contributed by atoms with E-state index in [1.54, 1.807) is 0 Å². The van der Waals surface area contributed by atoms with Gasteiger partial charge in [0.25, 0.3) is 0 Å². The summed E-state index contributed by atoms with van der Waals surface area (Å²) in [6.45, 7) is 6.31. The third-order valence-electron chi connectivity index (χ3n) is 8.38. The molecule has 2 aromatic carbocycles. The van der Waals surface area contributed by atoms with Crippen LogP contribution >= 0.6 is 0 Å². The van der Waals surface area contributed by atoms with E-state index in [1.165, 1.54) is 24.8 Å². The van der Waals surface area contributed by atoms with Gasteiger partial charge in [0.1, 0.15) is 6.10 Å². The van der Waals surface area contributed by atoms with E-state index in [0.717, 1.165) is 81.8 Å². The molecule has 2 atom stereocenters. The summed E-state index contributed by atoms with van der Waals surface area (Å²) < 4.78 is 25.4. The SMILES string of the molecule is CCCCCCC[C@H](F)C(=O)OC1CCC(c2ccc(-c3ccc(C(=O)O[C@H](C)CCCCCC)cc3)cc2)CC1. The van der Waals surface area contributed by atoms with Crippen molar-refractivity contribution in [1.82, 2.24) is 0 Å². The summed E-state index contributed by atoms with van der Waals surface area (Å²) >= 11 is 0. The molecule has 0 N–H and O–H groups in total. The van der Waals surface area contributed by atoms with Crippen LogP contribution in [0.5, 0.6) is 0 Å². The second-order valence-electron chi connectivity index (χ2n) is 11.8. The summed E-state index contributed by atoms with van der Waals surface area (Å²) in [5, 5.41) is 0. The van der Waals surface area contributed by atoms with Gasteiger partial charge in [0, 0.05) is 0 Å². The molecule has 0 unspecified atom stereocenters. The highest BCUT2D eigenvalue weighted by atomic mass is 19.1. The number of rotatable bonds is 17. The van der Waals surface area contributed by atoms with Crippen molar-refractivity contribution in [3.05, 3.63) is 59.7 Å². The second-order valence-corrected chi connectivity index (χ2v) is 11.8. The molecule has 0 aromatic heterocycles. The van der Waals surface area contributed by atoms with Crippen LogP contribution in [0.1, 0.15) is 139 Å². The van der Waals surface area contributed by atoms with Crippen LogP contribution in [0.2, 0.25) is 0 Å². The molecule has 1 aliphatic rings. The van der Waals surface area contributed by atoms with Crippen LogP contribution < -0.4 is 0 Å². The first-order valence-corrected chi connectivity index (χ1v) is 16.2. The van der Waals surface area contributed by atoms with E-state index in [-0.39, 0.29) is 24.6 Å². The van der Waals surface area contributed by atoms with Crippen LogP contribution in [0.15, 0.2) is 48.5 Å². The smallest absolute Gasteiger partial charge is 0.340 e. The van der Waals surface area contributed by atoms with Crippen LogP contribution in [0.25, 0.3) is 11.1 Å². The zero-order valence-electron chi connectivity index (χ0n) is 25.5. The van der Waals surface area contributed by atoms with Gasteiger partial charge < -0.3 is 9.47 Å². The molecular weight excluding hydrogens is 515 g/mol. The molecular formula is C36H51FO4. The van der Waals surface area contributed by atoms with Crippen molar-refractivity contribution in [2.75, 3.05) is 0 Å². The number of carbonyl (C=O) groups excluding carboxylic acids is 2. The number of benzene rings is 2. The van der Waals surface area contributed by atoms with Crippen molar-refractivity contribution >= 4 is 11.9 Å². The molecule has 2 aromatic rings. The summed E-state index contributed by atoms with van der Waals surface area (Å²) in [6.07, 6.45) is 12.7. The Hall–Kier alpha value is -2.69. The largest absolute Gasteiger partial charge is 0.460 e. The van der Waals surface area contributed by atoms with Crippen LogP contribution in [-0.4, -0.2) is 30.3 Å². The zero-order valence-corrected chi connectivity index (χ0v) is 25.5. The van der Waals surface area contributed by atoms with E-state index >= 15 is 0 Å². The fourth-order valence-electron chi connectivity index (χ4n) is 5.71. The minimum Gasteiger partial charge on any atom is -0.460 e. The number of hydrogen-bond acceptors (Lipinski definition) is 4. The normalized spacial score (nSPS) is 18.4. The maximum Gasteiger partial charge on any atom is 0.340 e. The Labute approximate surface area is 247 Å². The zero-order chi connectivity index (χ0) is 29.5. The summed E-state index contributed by atoms with van der Waals surface area (Å²) in [4.78, 5) is 24.7. The van der Waals surface area contributed by atoms with Gasteiger partial charge in [0.2, 0.25) is 0 Å². The molecule has 0 amide bonds. The quantitative estimate of drug-likeness (QED) is 0.141. The monoisotopic (exact) mass is 566 g/mol. The van der Waals surface area contributed by atoms with Crippen molar-refractivity contribution in [1.29, 1.82) is 0 Å². The number of alkyl halides is 1. The van der Waals surface area contributed by atoms with Crippen molar-refractivity contribution in [3.63, 3.8) is 0 Å². The molecule has 0 radical (unpaired) electrons. The van der Waals surface area contributed by atoms with Crippen LogP contribution in [0, 0.1) is 0 Å². The number of halogens is 1. The Morgan fingerprint density at radius 1 is 0.756 bits per heavy atom. The Balaban J connectivity index is 1.42. The van der Waals surface area contributed by atoms with Crippen LogP contribution in [-0.2, 0) is 14.3 Å². The average Bonchev–Trinajstić information content (AvgIpc) is 2.99. The summed E-state index contributed by atoms with van der Waals surface area (Å²) in [5.74, 6) is -0.523. The molecule has 41 heavy (non-hydrogen) atoms. The number of ether oxygens (including phenoxy) is 2. The predicted octanol–water partition coefficient (Wildman–Crippen LogP) is 10.1. The Morgan fingerprint density at radius 3 is 1.90 bits per heavy atom. The van der Waals surface area contributed by atoms with Crippen molar-refractivity contribution in [3.8, 4) is 11.1 Å². The van der Waals surface area contributed by atoms with E-state index in [4.69, 9.17) is 9.47 Å². The van der Waals surface area contributed by atoms with Gasteiger partial charge in [-0.1, -0.05) is 95.2 Å².